The summed E-state index contributed by atoms with van der Waals surface area (Å²) in [5.74, 6) is 0.116. The highest BCUT2D eigenvalue weighted by atomic mass is 19.4. The number of fused-ring (bicyclic) bond motifs is 3. The van der Waals surface area contributed by atoms with Crippen molar-refractivity contribution in [2.24, 2.45) is 17.6 Å². The van der Waals surface area contributed by atoms with Crippen molar-refractivity contribution in [3.8, 4) is 0 Å². The van der Waals surface area contributed by atoms with Crippen LogP contribution in [0, 0.1) is 18.8 Å². The van der Waals surface area contributed by atoms with Crippen LogP contribution in [-0.2, 0) is 10.9 Å². The Bertz CT molecular complexity index is 1230. The Kier molecular flexibility index (Phi) is 7.63. The number of ether oxygens (including phenoxy) is 1. The van der Waals surface area contributed by atoms with Crippen molar-refractivity contribution in [3.63, 3.8) is 0 Å². The van der Waals surface area contributed by atoms with E-state index in [4.69, 9.17) is 10.5 Å². The van der Waals surface area contributed by atoms with Gasteiger partial charge < -0.3 is 20.7 Å². The third-order valence-electron chi connectivity index (χ3n) is 7.87. The number of hydrogen-bond acceptors (Lipinski definition) is 4. The number of aryl methyl sites for hydroxylation is 1. The largest absolute Gasteiger partial charge is 0.416 e. The van der Waals surface area contributed by atoms with Gasteiger partial charge in [0.2, 0.25) is 0 Å². The van der Waals surface area contributed by atoms with Gasteiger partial charge in [-0.2, -0.15) is 13.2 Å². The van der Waals surface area contributed by atoms with Crippen LogP contribution in [-0.4, -0.2) is 42.6 Å². The number of allylic oxidation sites excluding steroid dienone is 3. The van der Waals surface area contributed by atoms with Crippen molar-refractivity contribution in [2.45, 2.75) is 50.6 Å². The molecule has 5 rings (SSSR count). The van der Waals surface area contributed by atoms with E-state index in [-0.39, 0.29) is 29.9 Å². The number of amides is 1. The van der Waals surface area contributed by atoms with Gasteiger partial charge in [-0.05, 0) is 56.5 Å². The molecule has 3 N–H and O–H groups in total. The van der Waals surface area contributed by atoms with Crippen LogP contribution in [0.25, 0.3) is 0 Å². The van der Waals surface area contributed by atoms with Crippen molar-refractivity contribution in [1.29, 1.82) is 0 Å². The average molecular weight is 526 g/mol. The first-order chi connectivity index (χ1) is 18.2. The summed E-state index contributed by atoms with van der Waals surface area (Å²) < 4.78 is 47.5. The van der Waals surface area contributed by atoms with E-state index < -0.39 is 17.8 Å². The lowest BCUT2D eigenvalue weighted by molar-refractivity contribution is -0.138. The maximum absolute atomic E-state index is 13.6. The second-order valence-electron chi connectivity index (χ2n) is 10.5. The van der Waals surface area contributed by atoms with E-state index in [1.807, 2.05) is 37.3 Å². The van der Waals surface area contributed by atoms with E-state index in [9.17, 15) is 18.0 Å². The minimum absolute atomic E-state index is 0.0128. The fourth-order valence-electron chi connectivity index (χ4n) is 6.03. The molecule has 5 nitrogen and oxygen atoms in total. The van der Waals surface area contributed by atoms with Gasteiger partial charge in [0.05, 0.1) is 17.8 Å². The zero-order valence-corrected chi connectivity index (χ0v) is 21.5. The van der Waals surface area contributed by atoms with Gasteiger partial charge in [-0.1, -0.05) is 42.0 Å². The number of nitrogens with zero attached hydrogens (tertiary/aromatic N) is 1. The molecule has 5 atom stereocenters. The molecule has 0 saturated carbocycles. The molecule has 1 aliphatic carbocycles. The Morgan fingerprint density at radius 2 is 2.00 bits per heavy atom. The second-order valence-corrected chi connectivity index (χ2v) is 10.5. The standard InChI is InChI=1S/C30H34F3N3O2/c1-19-6-5-9-21(16-19)29(37)36(15-14-34)18-23-11-12-24-27(20-7-3-2-4-8-20)35-26-13-10-22(30(31,32)33)17-25(26)28(24)38-23/h2-7,9-10,13,16-17,20,23-24,27-28,35H,8,11-12,14-15,18,34H2,1H3/t20?,23-,24+,27+,28+/m1/s1. The first-order valence-corrected chi connectivity index (χ1v) is 13.3. The Hall–Kier alpha value is -3.10. The number of halogens is 3. The van der Waals surface area contributed by atoms with Gasteiger partial charge in [0.25, 0.3) is 5.91 Å². The molecule has 8 heteroatoms. The number of nitrogens with two attached hydrogens (primary N) is 1. The highest BCUT2D eigenvalue weighted by Gasteiger charge is 2.45. The normalized spacial score (nSPS) is 26.3. The SMILES string of the molecule is Cc1cccc(C(=O)N(CCN)C[C@H]2CC[C@@H]3[C@H](O2)c2cc(C(F)(F)F)ccc2N[C@H]3C2C=CC=CC2)c1. The van der Waals surface area contributed by atoms with E-state index in [0.29, 0.717) is 42.9 Å². The first kappa shape index (κ1) is 26.5. The summed E-state index contributed by atoms with van der Waals surface area (Å²) in [6.07, 6.45) is 5.46. The summed E-state index contributed by atoms with van der Waals surface area (Å²) in [6.45, 7) is 2.96. The number of alkyl halides is 3. The summed E-state index contributed by atoms with van der Waals surface area (Å²) in [5.41, 5.74) is 7.97. The van der Waals surface area contributed by atoms with Crippen molar-refractivity contribution in [3.05, 3.63) is 89.0 Å². The predicted molar refractivity (Wildman–Crippen MR) is 142 cm³/mol. The number of carbonyl (C=O) groups excluding carboxylic acids is 1. The number of hydrogen-bond donors (Lipinski definition) is 2. The smallest absolute Gasteiger partial charge is 0.381 e. The monoisotopic (exact) mass is 525 g/mol. The van der Waals surface area contributed by atoms with E-state index in [0.717, 1.165) is 24.5 Å². The van der Waals surface area contributed by atoms with Gasteiger partial charge in [0.15, 0.2) is 0 Å². The van der Waals surface area contributed by atoms with Crippen LogP contribution in [0.3, 0.4) is 0 Å². The van der Waals surface area contributed by atoms with Crippen LogP contribution >= 0.6 is 0 Å². The molecule has 1 fully saturated rings. The lowest BCUT2D eigenvalue weighted by atomic mass is 9.73. The maximum atomic E-state index is 13.6. The molecule has 1 saturated heterocycles. The van der Waals surface area contributed by atoms with E-state index in [2.05, 4.69) is 17.5 Å². The van der Waals surface area contributed by atoms with E-state index >= 15 is 0 Å². The molecular formula is C30H34F3N3O2. The van der Waals surface area contributed by atoms with Crippen molar-refractivity contribution < 1.29 is 22.7 Å². The number of nitrogens with one attached hydrogen (secondary N) is 1. The summed E-state index contributed by atoms with van der Waals surface area (Å²) in [5, 5.41) is 3.55. The van der Waals surface area contributed by atoms with Gasteiger partial charge >= 0.3 is 6.18 Å². The molecule has 2 aliphatic heterocycles. The number of carbonyl (C=O) groups is 1. The van der Waals surface area contributed by atoms with Crippen LogP contribution in [0.15, 0.2) is 66.8 Å². The van der Waals surface area contributed by atoms with Crippen LogP contribution in [0.1, 0.15) is 52.4 Å². The molecule has 38 heavy (non-hydrogen) atoms. The van der Waals surface area contributed by atoms with Crippen molar-refractivity contribution >= 4 is 11.6 Å². The Balaban J connectivity index is 1.42. The minimum Gasteiger partial charge on any atom is -0.381 e. The van der Waals surface area contributed by atoms with E-state index in [1.165, 1.54) is 12.1 Å². The van der Waals surface area contributed by atoms with Gasteiger partial charge in [-0.3, -0.25) is 4.79 Å². The average Bonchev–Trinajstić information content (AvgIpc) is 2.91. The molecule has 2 heterocycles. The zero-order valence-electron chi connectivity index (χ0n) is 21.5. The van der Waals surface area contributed by atoms with E-state index in [1.54, 1.807) is 11.0 Å². The molecule has 0 bridgehead atoms. The highest BCUT2D eigenvalue weighted by Crippen LogP contribution is 2.49. The third kappa shape index (κ3) is 5.52. The zero-order chi connectivity index (χ0) is 26.9. The lowest BCUT2D eigenvalue weighted by Crippen LogP contribution is -2.49. The molecule has 1 unspecified atom stereocenters. The molecule has 0 spiro atoms. The fraction of sp³-hybridized carbons (Fsp3) is 0.433. The Morgan fingerprint density at radius 3 is 2.71 bits per heavy atom. The molecule has 2 aromatic rings. The maximum Gasteiger partial charge on any atom is 0.416 e. The highest BCUT2D eigenvalue weighted by molar-refractivity contribution is 5.94. The third-order valence-corrected chi connectivity index (χ3v) is 7.87. The molecule has 3 aliphatic rings. The van der Waals surface area contributed by atoms with Crippen molar-refractivity contribution in [1.82, 2.24) is 4.90 Å². The quantitative estimate of drug-likeness (QED) is 0.495. The van der Waals surface area contributed by atoms with Crippen LogP contribution in [0.5, 0.6) is 0 Å². The molecular weight excluding hydrogens is 491 g/mol. The minimum atomic E-state index is -4.44. The van der Waals surface area contributed by atoms with Crippen LogP contribution in [0.4, 0.5) is 18.9 Å². The van der Waals surface area contributed by atoms with Gasteiger partial charge in [0.1, 0.15) is 0 Å². The lowest BCUT2D eigenvalue weighted by Gasteiger charge is -2.48. The predicted octanol–water partition coefficient (Wildman–Crippen LogP) is 5.88. The molecule has 0 radical (unpaired) electrons. The number of benzene rings is 2. The topological polar surface area (TPSA) is 67.6 Å². The number of rotatable bonds is 6. The molecule has 2 aromatic carbocycles. The molecule has 1 amide bonds. The summed E-state index contributed by atoms with van der Waals surface area (Å²) in [7, 11) is 0. The summed E-state index contributed by atoms with van der Waals surface area (Å²) >= 11 is 0. The van der Waals surface area contributed by atoms with Gasteiger partial charge in [-0.15, -0.1) is 0 Å². The summed E-state index contributed by atoms with van der Waals surface area (Å²) in [4.78, 5) is 15.0. The van der Waals surface area contributed by atoms with Crippen molar-refractivity contribution in [2.75, 3.05) is 25.0 Å². The number of anilines is 1. The first-order valence-electron chi connectivity index (χ1n) is 13.3. The van der Waals surface area contributed by atoms with Gasteiger partial charge in [-0.25, -0.2) is 0 Å². The second kappa shape index (κ2) is 10.9. The summed E-state index contributed by atoms with van der Waals surface area (Å²) in [6, 6.07) is 11.3. The fourth-order valence-corrected chi connectivity index (χ4v) is 6.03. The van der Waals surface area contributed by atoms with Gasteiger partial charge in [0, 0.05) is 54.3 Å². The molecule has 202 valence electrons. The molecule has 0 aromatic heterocycles. The Labute approximate surface area is 221 Å². The van der Waals surface area contributed by atoms with Crippen LogP contribution in [0.2, 0.25) is 0 Å². The Morgan fingerprint density at radius 1 is 1.16 bits per heavy atom. The van der Waals surface area contributed by atoms with Crippen LogP contribution < -0.4 is 11.1 Å².